The highest BCUT2D eigenvalue weighted by molar-refractivity contribution is 9.09. The molecule has 0 radical (unpaired) electrons. The third-order valence-electron chi connectivity index (χ3n) is 7.10. The number of carbonyl (C=O) groups excluding carboxylic acids is 3. The van der Waals surface area contributed by atoms with Gasteiger partial charge in [-0.1, -0.05) is 48.0 Å². The number of aliphatic hydroxyl groups is 1. The third-order valence-corrected chi connectivity index (χ3v) is 10.3. The summed E-state index contributed by atoms with van der Waals surface area (Å²) >= 11 is 5.38. The van der Waals surface area contributed by atoms with E-state index < -0.39 is 28.7 Å². The van der Waals surface area contributed by atoms with Crippen molar-refractivity contribution >= 4 is 51.1 Å². The lowest BCUT2D eigenvalue weighted by Gasteiger charge is -2.38. The topological polar surface area (TPSA) is 98.7 Å². The first-order valence-electron chi connectivity index (χ1n) is 12.0. The Morgan fingerprint density at radius 1 is 1.21 bits per heavy atom. The Hall–Kier alpha value is -1.58. The van der Waals surface area contributed by atoms with Gasteiger partial charge in [0.1, 0.15) is 6.04 Å². The first kappa shape index (κ1) is 25.5. The van der Waals surface area contributed by atoms with E-state index in [1.165, 1.54) is 0 Å². The first-order chi connectivity index (χ1) is 16.1. The number of aliphatic hydroxyl groups excluding tert-OH is 1. The van der Waals surface area contributed by atoms with Crippen molar-refractivity contribution in [2.75, 3.05) is 11.9 Å². The molecule has 3 N–H and O–H groups in total. The lowest BCUT2D eigenvalue weighted by Crippen LogP contribution is -2.58. The third kappa shape index (κ3) is 4.28. The molecule has 4 rings (SSSR count). The SMILES string of the molecule is CC(C)C[C@H](CO)N1C(=O)[C@@H]2[C@@H](C(=O)Nc3ccccc3)[C@@H]3SC2(CC3Br)C1C(=O)NC(C)C. The smallest absolute Gasteiger partial charge is 0.244 e. The lowest BCUT2D eigenvalue weighted by molar-refractivity contribution is -0.142. The number of benzene rings is 1. The van der Waals surface area contributed by atoms with Gasteiger partial charge in [-0.05, 0) is 44.7 Å². The second-order valence-corrected chi connectivity index (χ2v) is 13.1. The fraction of sp³-hybridized carbons (Fsp3) is 0.640. The van der Waals surface area contributed by atoms with E-state index in [-0.39, 0.29) is 46.4 Å². The van der Waals surface area contributed by atoms with Gasteiger partial charge in [0.25, 0.3) is 0 Å². The van der Waals surface area contributed by atoms with Gasteiger partial charge in [-0.25, -0.2) is 0 Å². The molecule has 1 aromatic carbocycles. The van der Waals surface area contributed by atoms with Crippen molar-refractivity contribution in [2.45, 2.75) is 73.5 Å². The molecule has 3 amide bonds. The number of halogens is 1. The molecule has 3 fully saturated rings. The number of fused-ring (bicyclic) bond motifs is 1. The number of rotatable bonds is 8. The molecule has 7 nitrogen and oxygen atoms in total. The molecule has 3 unspecified atom stereocenters. The molecule has 34 heavy (non-hydrogen) atoms. The van der Waals surface area contributed by atoms with Gasteiger partial charge < -0.3 is 20.6 Å². The summed E-state index contributed by atoms with van der Waals surface area (Å²) in [7, 11) is 0. The minimum atomic E-state index is -0.729. The Morgan fingerprint density at radius 2 is 1.88 bits per heavy atom. The average Bonchev–Trinajstić information content (AvgIpc) is 3.35. The molecule has 1 aromatic rings. The molecule has 9 heteroatoms. The van der Waals surface area contributed by atoms with Crippen molar-refractivity contribution in [2.24, 2.45) is 17.8 Å². The molecule has 3 aliphatic rings. The number of nitrogens with zero attached hydrogens (tertiary/aromatic N) is 1. The van der Waals surface area contributed by atoms with Crippen LogP contribution in [0.2, 0.25) is 0 Å². The molecule has 0 aromatic heterocycles. The molecule has 3 aliphatic heterocycles. The van der Waals surface area contributed by atoms with Crippen molar-refractivity contribution in [1.29, 1.82) is 0 Å². The van der Waals surface area contributed by atoms with Crippen LogP contribution in [0.1, 0.15) is 40.5 Å². The minimum Gasteiger partial charge on any atom is -0.394 e. The monoisotopic (exact) mass is 551 g/mol. The van der Waals surface area contributed by atoms with E-state index in [1.54, 1.807) is 16.7 Å². The van der Waals surface area contributed by atoms with Crippen LogP contribution in [0.25, 0.3) is 0 Å². The van der Waals surface area contributed by atoms with Crippen LogP contribution in [0.5, 0.6) is 0 Å². The summed E-state index contributed by atoms with van der Waals surface area (Å²) in [4.78, 5) is 42.8. The highest BCUT2D eigenvalue weighted by atomic mass is 79.9. The van der Waals surface area contributed by atoms with E-state index in [1.807, 2.05) is 58.0 Å². The quantitative estimate of drug-likeness (QED) is 0.431. The van der Waals surface area contributed by atoms with Crippen molar-refractivity contribution in [3.05, 3.63) is 30.3 Å². The van der Waals surface area contributed by atoms with Gasteiger partial charge in [0.05, 0.1) is 29.2 Å². The Balaban J connectivity index is 1.74. The lowest BCUT2D eigenvalue weighted by atomic mass is 9.70. The number of likely N-dealkylation sites (tertiary alicyclic amines) is 1. The summed E-state index contributed by atoms with van der Waals surface area (Å²) < 4.78 is -0.710. The zero-order valence-corrected chi connectivity index (χ0v) is 22.4. The normalized spacial score (nSPS) is 32.9. The summed E-state index contributed by atoms with van der Waals surface area (Å²) in [6.45, 7) is 7.65. The van der Waals surface area contributed by atoms with Gasteiger partial charge in [-0.3, -0.25) is 14.4 Å². The average molecular weight is 553 g/mol. The summed E-state index contributed by atoms with van der Waals surface area (Å²) in [5, 5.41) is 16.2. The highest BCUT2D eigenvalue weighted by Crippen LogP contribution is 2.68. The largest absolute Gasteiger partial charge is 0.394 e. The van der Waals surface area contributed by atoms with Crippen LogP contribution in [-0.2, 0) is 14.4 Å². The van der Waals surface area contributed by atoms with Crippen LogP contribution in [0, 0.1) is 17.8 Å². The van der Waals surface area contributed by atoms with Crippen molar-refractivity contribution in [3.8, 4) is 0 Å². The van der Waals surface area contributed by atoms with Crippen molar-refractivity contribution < 1.29 is 19.5 Å². The Morgan fingerprint density at radius 3 is 2.47 bits per heavy atom. The van der Waals surface area contributed by atoms with E-state index >= 15 is 0 Å². The van der Waals surface area contributed by atoms with Gasteiger partial charge in [0, 0.05) is 21.8 Å². The standard InChI is InChI=1S/C25H34BrN3O4S/c1-13(2)10-16(12-30)29-21(23(32)27-14(3)4)25-11-17(26)20(34-25)18(19(25)24(29)33)22(31)28-15-8-6-5-7-9-15/h5-9,13-14,16-21,30H,10-12H2,1-4H3,(H,27,32)(H,28,31)/t16-,17?,18-,19+,20-,21?,25?/m1/s1. The predicted octanol–water partition coefficient (Wildman–Crippen LogP) is 3.02. The molecule has 2 bridgehead atoms. The molecular weight excluding hydrogens is 518 g/mol. The maximum atomic E-state index is 14.1. The van der Waals surface area contributed by atoms with Crippen LogP contribution in [0.15, 0.2) is 30.3 Å². The molecule has 7 atom stereocenters. The summed E-state index contributed by atoms with van der Waals surface area (Å²) in [5.41, 5.74) is 0.685. The number of alkyl halides is 1. The van der Waals surface area contributed by atoms with Crippen LogP contribution < -0.4 is 10.6 Å². The van der Waals surface area contributed by atoms with E-state index in [0.29, 0.717) is 18.5 Å². The number of amides is 3. The Kier molecular flexibility index (Phi) is 7.37. The van der Waals surface area contributed by atoms with E-state index in [9.17, 15) is 19.5 Å². The summed E-state index contributed by atoms with van der Waals surface area (Å²) in [6.07, 6.45) is 1.21. The van der Waals surface area contributed by atoms with Crippen LogP contribution >= 0.6 is 27.7 Å². The molecule has 1 spiro atoms. The van der Waals surface area contributed by atoms with Gasteiger partial charge in [-0.2, -0.15) is 0 Å². The molecule has 186 valence electrons. The maximum absolute atomic E-state index is 14.1. The molecule has 0 saturated carbocycles. The number of hydrogen-bond acceptors (Lipinski definition) is 5. The molecular formula is C25H34BrN3O4S. The number of hydrogen-bond donors (Lipinski definition) is 3. The maximum Gasteiger partial charge on any atom is 0.244 e. The van der Waals surface area contributed by atoms with Gasteiger partial charge >= 0.3 is 0 Å². The Labute approximate surface area is 213 Å². The number of thioether (sulfide) groups is 1. The Bertz CT molecular complexity index is 945. The summed E-state index contributed by atoms with van der Waals surface area (Å²) in [6, 6.07) is 7.95. The van der Waals surface area contributed by atoms with Crippen molar-refractivity contribution in [1.82, 2.24) is 10.2 Å². The molecule has 0 aliphatic carbocycles. The van der Waals surface area contributed by atoms with E-state index in [2.05, 4.69) is 26.6 Å². The first-order valence-corrected chi connectivity index (χ1v) is 13.8. The predicted molar refractivity (Wildman–Crippen MR) is 138 cm³/mol. The number of carbonyl (C=O) groups is 3. The van der Waals surface area contributed by atoms with Crippen LogP contribution in [0.3, 0.4) is 0 Å². The fourth-order valence-electron chi connectivity index (χ4n) is 5.99. The van der Waals surface area contributed by atoms with Crippen LogP contribution in [0.4, 0.5) is 5.69 Å². The fourth-order valence-corrected chi connectivity index (χ4v) is 9.59. The molecule has 3 heterocycles. The highest BCUT2D eigenvalue weighted by Gasteiger charge is 2.76. The van der Waals surface area contributed by atoms with Crippen molar-refractivity contribution in [3.63, 3.8) is 0 Å². The molecule has 3 saturated heterocycles. The van der Waals surface area contributed by atoms with E-state index in [4.69, 9.17) is 0 Å². The zero-order chi connectivity index (χ0) is 24.8. The van der Waals surface area contributed by atoms with E-state index in [0.717, 1.165) is 0 Å². The van der Waals surface area contributed by atoms with Crippen LogP contribution in [-0.4, -0.2) is 67.3 Å². The number of para-hydroxylation sites is 1. The van der Waals surface area contributed by atoms with Gasteiger partial charge in [0.15, 0.2) is 0 Å². The number of anilines is 1. The number of nitrogens with one attached hydrogen (secondary N) is 2. The zero-order valence-electron chi connectivity index (χ0n) is 20.0. The second kappa shape index (κ2) is 9.82. The van der Waals surface area contributed by atoms with Gasteiger partial charge in [0.2, 0.25) is 17.7 Å². The minimum absolute atomic E-state index is 0.0139. The second-order valence-electron chi connectivity index (χ2n) is 10.4. The summed E-state index contributed by atoms with van der Waals surface area (Å²) in [5.74, 6) is -1.52. The van der Waals surface area contributed by atoms with Gasteiger partial charge in [-0.15, -0.1) is 11.8 Å².